The summed E-state index contributed by atoms with van der Waals surface area (Å²) in [7, 11) is 0. The molecule has 2 amide bonds. The van der Waals surface area contributed by atoms with Crippen molar-refractivity contribution in [1.29, 1.82) is 0 Å². The number of hydrogen-bond donors (Lipinski definition) is 1. The fourth-order valence-corrected chi connectivity index (χ4v) is 4.59. The summed E-state index contributed by atoms with van der Waals surface area (Å²) >= 11 is 3.54. The molecule has 0 unspecified atom stereocenters. The van der Waals surface area contributed by atoms with E-state index in [0.717, 1.165) is 45.1 Å². The molecular formula is C30H35BrN2O2. The summed E-state index contributed by atoms with van der Waals surface area (Å²) < 4.78 is 0.948. The van der Waals surface area contributed by atoms with Crippen LogP contribution < -0.4 is 5.32 Å². The van der Waals surface area contributed by atoms with Gasteiger partial charge in [-0.3, -0.25) is 9.59 Å². The van der Waals surface area contributed by atoms with Crippen LogP contribution in [0.15, 0.2) is 77.3 Å². The Morgan fingerprint density at radius 2 is 1.69 bits per heavy atom. The Kier molecular flexibility index (Phi) is 10.1. The molecule has 0 spiro atoms. The van der Waals surface area contributed by atoms with Crippen LogP contribution in [-0.2, 0) is 29.0 Å². The molecule has 3 rings (SSSR count). The van der Waals surface area contributed by atoms with Gasteiger partial charge in [-0.05, 0) is 54.7 Å². The van der Waals surface area contributed by atoms with Crippen molar-refractivity contribution in [2.45, 2.75) is 59.0 Å². The number of halogens is 1. The molecule has 5 heteroatoms. The SMILES string of the molecule is CCCCNC(=O)[C@H](Cc1ccccc1)N(Cc1cccc(Br)c1)C(=O)Cc1cc(C)ccc1C. The van der Waals surface area contributed by atoms with Crippen molar-refractivity contribution in [2.24, 2.45) is 0 Å². The normalized spacial score (nSPS) is 11.7. The van der Waals surface area contributed by atoms with Gasteiger partial charge >= 0.3 is 0 Å². The third kappa shape index (κ3) is 8.07. The average molecular weight is 536 g/mol. The zero-order valence-electron chi connectivity index (χ0n) is 20.9. The lowest BCUT2D eigenvalue weighted by Gasteiger charge is -2.32. The van der Waals surface area contributed by atoms with Gasteiger partial charge in [-0.1, -0.05) is 95.5 Å². The molecular weight excluding hydrogens is 500 g/mol. The first kappa shape index (κ1) is 26.7. The van der Waals surface area contributed by atoms with Crippen molar-refractivity contribution in [2.75, 3.05) is 6.54 Å². The van der Waals surface area contributed by atoms with Crippen LogP contribution in [0.1, 0.15) is 47.6 Å². The first-order valence-corrected chi connectivity index (χ1v) is 13.1. The number of nitrogens with one attached hydrogen (secondary N) is 1. The van der Waals surface area contributed by atoms with Crippen LogP contribution in [0.2, 0.25) is 0 Å². The maximum Gasteiger partial charge on any atom is 0.243 e. The summed E-state index contributed by atoms with van der Waals surface area (Å²) in [5, 5.41) is 3.08. The molecule has 0 radical (unpaired) electrons. The predicted octanol–water partition coefficient (Wildman–Crippen LogP) is 6.16. The van der Waals surface area contributed by atoms with Gasteiger partial charge in [0.2, 0.25) is 11.8 Å². The van der Waals surface area contributed by atoms with Crippen LogP contribution in [0.5, 0.6) is 0 Å². The fraction of sp³-hybridized carbons (Fsp3) is 0.333. The molecule has 1 N–H and O–H groups in total. The van der Waals surface area contributed by atoms with Gasteiger partial charge in [0.15, 0.2) is 0 Å². The topological polar surface area (TPSA) is 49.4 Å². The molecule has 0 aliphatic heterocycles. The molecule has 0 aliphatic rings. The molecule has 4 nitrogen and oxygen atoms in total. The highest BCUT2D eigenvalue weighted by atomic mass is 79.9. The fourth-order valence-electron chi connectivity index (χ4n) is 4.15. The van der Waals surface area contributed by atoms with E-state index >= 15 is 0 Å². The van der Waals surface area contributed by atoms with Crippen molar-refractivity contribution in [1.82, 2.24) is 10.2 Å². The zero-order chi connectivity index (χ0) is 25.2. The monoisotopic (exact) mass is 534 g/mol. The first-order valence-electron chi connectivity index (χ1n) is 12.3. The maximum atomic E-state index is 13.9. The molecule has 0 aliphatic carbocycles. The number of nitrogens with zero attached hydrogens (tertiary/aromatic N) is 1. The van der Waals surface area contributed by atoms with E-state index < -0.39 is 6.04 Å². The van der Waals surface area contributed by atoms with Gasteiger partial charge in [0.25, 0.3) is 0 Å². The van der Waals surface area contributed by atoms with E-state index in [9.17, 15) is 9.59 Å². The second-order valence-corrected chi connectivity index (χ2v) is 10.0. The predicted molar refractivity (Wildman–Crippen MR) is 146 cm³/mol. The summed E-state index contributed by atoms with van der Waals surface area (Å²) in [5.41, 5.74) is 5.21. The van der Waals surface area contributed by atoms with E-state index in [1.54, 1.807) is 4.90 Å². The molecule has 0 bridgehead atoms. The van der Waals surface area contributed by atoms with Gasteiger partial charge in [0, 0.05) is 24.0 Å². The number of rotatable bonds is 11. The Balaban J connectivity index is 1.97. The minimum atomic E-state index is -0.606. The van der Waals surface area contributed by atoms with Gasteiger partial charge in [0.05, 0.1) is 6.42 Å². The number of aryl methyl sites for hydroxylation is 2. The number of hydrogen-bond acceptors (Lipinski definition) is 2. The summed E-state index contributed by atoms with van der Waals surface area (Å²) in [6.07, 6.45) is 2.63. The van der Waals surface area contributed by atoms with E-state index in [2.05, 4.69) is 46.4 Å². The highest BCUT2D eigenvalue weighted by Crippen LogP contribution is 2.20. The van der Waals surface area contributed by atoms with Crippen LogP contribution in [-0.4, -0.2) is 29.3 Å². The number of amides is 2. The van der Waals surface area contributed by atoms with Gasteiger partial charge in [-0.2, -0.15) is 0 Å². The number of carbonyl (C=O) groups is 2. The van der Waals surface area contributed by atoms with E-state index in [1.165, 1.54) is 0 Å². The molecule has 35 heavy (non-hydrogen) atoms. The molecule has 0 fully saturated rings. The van der Waals surface area contributed by atoms with Crippen LogP contribution in [0.3, 0.4) is 0 Å². The van der Waals surface area contributed by atoms with Crippen LogP contribution in [0.25, 0.3) is 0 Å². The van der Waals surface area contributed by atoms with Gasteiger partial charge < -0.3 is 10.2 Å². The quantitative estimate of drug-likeness (QED) is 0.299. The van der Waals surface area contributed by atoms with Gasteiger partial charge in [0.1, 0.15) is 6.04 Å². The lowest BCUT2D eigenvalue weighted by Crippen LogP contribution is -2.51. The van der Waals surface area contributed by atoms with Crippen LogP contribution in [0, 0.1) is 13.8 Å². The van der Waals surface area contributed by atoms with Crippen molar-refractivity contribution < 1.29 is 9.59 Å². The summed E-state index contributed by atoms with van der Waals surface area (Å²) in [6.45, 7) is 7.13. The van der Waals surface area contributed by atoms with E-state index in [0.29, 0.717) is 19.5 Å². The Labute approximate surface area is 217 Å². The van der Waals surface area contributed by atoms with E-state index in [4.69, 9.17) is 0 Å². The standard InChI is InChI=1S/C30H35BrN2O2/c1-4-5-16-32-30(35)28(19-24-10-7-6-8-11-24)33(21-25-12-9-13-27(31)18-25)29(34)20-26-17-22(2)14-15-23(26)3/h6-15,17-18,28H,4-5,16,19-21H2,1-3H3,(H,32,35)/t28-/m0/s1. The number of benzene rings is 3. The van der Waals surface area contributed by atoms with E-state index in [1.807, 2.05) is 68.4 Å². The summed E-state index contributed by atoms with van der Waals surface area (Å²) in [4.78, 5) is 29.1. The highest BCUT2D eigenvalue weighted by molar-refractivity contribution is 9.10. The highest BCUT2D eigenvalue weighted by Gasteiger charge is 2.30. The second kappa shape index (κ2) is 13.2. The summed E-state index contributed by atoms with van der Waals surface area (Å²) in [6, 6.07) is 23.4. The van der Waals surface area contributed by atoms with E-state index in [-0.39, 0.29) is 18.2 Å². The van der Waals surface area contributed by atoms with Crippen molar-refractivity contribution in [3.05, 3.63) is 105 Å². The largest absolute Gasteiger partial charge is 0.354 e. The summed E-state index contributed by atoms with van der Waals surface area (Å²) in [5.74, 6) is -0.156. The minimum Gasteiger partial charge on any atom is -0.354 e. The second-order valence-electron chi connectivity index (χ2n) is 9.11. The molecule has 0 saturated carbocycles. The lowest BCUT2D eigenvalue weighted by atomic mass is 9.99. The molecule has 3 aromatic carbocycles. The third-order valence-electron chi connectivity index (χ3n) is 6.19. The molecule has 3 aromatic rings. The molecule has 0 heterocycles. The third-order valence-corrected chi connectivity index (χ3v) is 6.68. The maximum absolute atomic E-state index is 13.9. The van der Waals surface area contributed by atoms with Gasteiger partial charge in [-0.25, -0.2) is 0 Å². The Morgan fingerprint density at radius 1 is 0.943 bits per heavy atom. The minimum absolute atomic E-state index is 0.0507. The molecule has 0 saturated heterocycles. The smallest absolute Gasteiger partial charge is 0.243 e. The zero-order valence-corrected chi connectivity index (χ0v) is 22.5. The molecule has 184 valence electrons. The van der Waals surface area contributed by atoms with Crippen LogP contribution in [0.4, 0.5) is 0 Å². The number of unbranched alkanes of at least 4 members (excludes halogenated alkanes) is 1. The lowest BCUT2D eigenvalue weighted by molar-refractivity contribution is -0.140. The molecule has 0 aromatic heterocycles. The van der Waals surface area contributed by atoms with Crippen molar-refractivity contribution in [3.8, 4) is 0 Å². The van der Waals surface area contributed by atoms with Crippen LogP contribution >= 0.6 is 15.9 Å². The Morgan fingerprint density at radius 3 is 2.40 bits per heavy atom. The molecule has 1 atom stereocenters. The van der Waals surface area contributed by atoms with Crippen molar-refractivity contribution >= 4 is 27.7 Å². The average Bonchev–Trinajstić information content (AvgIpc) is 2.84. The van der Waals surface area contributed by atoms with Crippen molar-refractivity contribution in [3.63, 3.8) is 0 Å². The number of carbonyl (C=O) groups excluding carboxylic acids is 2. The first-order chi connectivity index (χ1) is 16.9. The van der Waals surface area contributed by atoms with Gasteiger partial charge in [-0.15, -0.1) is 0 Å². The Bertz CT molecular complexity index is 1130. The Hall–Kier alpha value is -2.92.